The Balaban J connectivity index is 2.30. The van der Waals surface area contributed by atoms with E-state index in [2.05, 4.69) is 88.4 Å². The topological polar surface area (TPSA) is 0 Å². The van der Waals surface area contributed by atoms with Crippen molar-refractivity contribution in [3.63, 3.8) is 0 Å². The van der Waals surface area contributed by atoms with Crippen molar-refractivity contribution < 1.29 is 0 Å². The van der Waals surface area contributed by atoms with Gasteiger partial charge >= 0.3 is 0 Å². The first-order valence-electron chi connectivity index (χ1n) is 7.82. The van der Waals surface area contributed by atoms with Gasteiger partial charge in [0.05, 0.1) is 0 Å². The smallest absolute Gasteiger partial charge is 0.01000 e. The molecule has 0 fully saturated rings. The van der Waals surface area contributed by atoms with Gasteiger partial charge in [-0.1, -0.05) is 60.7 Å². The van der Waals surface area contributed by atoms with E-state index in [1.54, 1.807) is 0 Å². The molecule has 110 valence electrons. The van der Waals surface area contributed by atoms with E-state index in [-0.39, 0.29) is 0 Å². The van der Waals surface area contributed by atoms with Crippen LogP contribution in [0.4, 0.5) is 0 Å². The minimum absolute atomic E-state index is 1.27. The summed E-state index contributed by atoms with van der Waals surface area (Å²) in [4.78, 5) is 0. The van der Waals surface area contributed by atoms with Crippen molar-refractivity contribution >= 4 is 0 Å². The highest BCUT2D eigenvalue weighted by Gasteiger charge is 2.13. The first kappa shape index (κ1) is 14.6. The zero-order chi connectivity index (χ0) is 15.7. The maximum absolute atomic E-state index is 2.30. The Hall–Kier alpha value is -2.34. The maximum atomic E-state index is 2.30. The number of hydrogen-bond acceptors (Lipinski definition) is 0. The maximum Gasteiger partial charge on any atom is -0.01000 e. The molecule has 22 heavy (non-hydrogen) atoms. The van der Waals surface area contributed by atoms with Crippen LogP contribution < -0.4 is 0 Å². The van der Waals surface area contributed by atoms with Crippen LogP contribution in [-0.4, -0.2) is 0 Å². The van der Waals surface area contributed by atoms with E-state index in [1.165, 1.54) is 44.5 Å². The first-order chi connectivity index (χ1) is 10.6. The lowest BCUT2D eigenvalue weighted by molar-refractivity contribution is 1.24. The van der Waals surface area contributed by atoms with Crippen LogP contribution in [0.15, 0.2) is 60.7 Å². The molecular weight excluding hydrogens is 264 g/mol. The Labute approximate surface area is 133 Å². The van der Waals surface area contributed by atoms with Crippen molar-refractivity contribution in [1.29, 1.82) is 0 Å². The predicted octanol–water partition coefficient (Wildman–Crippen LogP) is 6.25. The Bertz CT molecular complexity index is 811. The van der Waals surface area contributed by atoms with Gasteiger partial charge in [-0.25, -0.2) is 0 Å². The Morgan fingerprint density at radius 2 is 1.14 bits per heavy atom. The van der Waals surface area contributed by atoms with E-state index in [9.17, 15) is 0 Å². The average Bonchev–Trinajstić information content (AvgIpc) is 2.54. The summed E-state index contributed by atoms with van der Waals surface area (Å²) in [5.41, 5.74) is 10.8. The van der Waals surface area contributed by atoms with Crippen LogP contribution in [0.5, 0.6) is 0 Å². The predicted molar refractivity (Wildman–Crippen MR) is 96.3 cm³/mol. The molecular formula is C22H22. The van der Waals surface area contributed by atoms with Crippen molar-refractivity contribution in [1.82, 2.24) is 0 Å². The molecule has 0 aliphatic heterocycles. The number of benzene rings is 3. The molecule has 0 heterocycles. The summed E-state index contributed by atoms with van der Waals surface area (Å²) in [5.74, 6) is 0. The van der Waals surface area contributed by atoms with Gasteiger partial charge in [-0.05, 0) is 72.2 Å². The van der Waals surface area contributed by atoms with Crippen LogP contribution in [0.3, 0.4) is 0 Å². The fraction of sp³-hybridized carbons (Fsp3) is 0.182. The summed E-state index contributed by atoms with van der Waals surface area (Å²) in [6.07, 6.45) is 0. The first-order valence-corrected chi connectivity index (χ1v) is 7.82. The SMILES string of the molecule is Cc1cc(C)c(-c2ccccc2-c2ccccc2)c(C)c1C. The second-order valence-corrected chi connectivity index (χ2v) is 6.05. The standard InChI is InChI=1S/C22H22/c1-15-14-16(2)22(18(4)17(15)3)21-13-9-8-12-20(21)19-10-6-5-7-11-19/h5-14H,1-4H3. The summed E-state index contributed by atoms with van der Waals surface area (Å²) >= 11 is 0. The summed E-state index contributed by atoms with van der Waals surface area (Å²) in [6.45, 7) is 8.88. The number of hydrogen-bond donors (Lipinski definition) is 0. The highest BCUT2D eigenvalue weighted by molar-refractivity contribution is 5.86. The van der Waals surface area contributed by atoms with Gasteiger partial charge in [-0.2, -0.15) is 0 Å². The van der Waals surface area contributed by atoms with Gasteiger partial charge in [0.25, 0.3) is 0 Å². The molecule has 0 bridgehead atoms. The van der Waals surface area contributed by atoms with E-state index in [1.807, 2.05) is 0 Å². The lowest BCUT2D eigenvalue weighted by atomic mass is 9.86. The summed E-state index contributed by atoms with van der Waals surface area (Å²) < 4.78 is 0. The Kier molecular flexibility index (Phi) is 3.85. The van der Waals surface area contributed by atoms with Crippen molar-refractivity contribution in [3.8, 4) is 22.3 Å². The molecule has 0 aliphatic carbocycles. The van der Waals surface area contributed by atoms with Crippen molar-refractivity contribution in [2.24, 2.45) is 0 Å². The van der Waals surface area contributed by atoms with Crippen molar-refractivity contribution in [2.45, 2.75) is 27.7 Å². The quantitative estimate of drug-likeness (QED) is 0.522. The zero-order valence-electron chi connectivity index (χ0n) is 13.8. The van der Waals surface area contributed by atoms with Crippen LogP contribution in [0.2, 0.25) is 0 Å². The third kappa shape index (κ3) is 2.46. The van der Waals surface area contributed by atoms with Gasteiger partial charge in [0, 0.05) is 0 Å². The summed E-state index contributed by atoms with van der Waals surface area (Å²) in [5, 5.41) is 0. The molecule has 3 aromatic carbocycles. The van der Waals surface area contributed by atoms with Gasteiger partial charge < -0.3 is 0 Å². The molecule has 0 aliphatic rings. The van der Waals surface area contributed by atoms with E-state index in [0.29, 0.717) is 0 Å². The molecule has 0 spiro atoms. The fourth-order valence-corrected chi connectivity index (χ4v) is 3.27. The van der Waals surface area contributed by atoms with Gasteiger partial charge in [0.1, 0.15) is 0 Å². The van der Waals surface area contributed by atoms with Gasteiger partial charge in [0.2, 0.25) is 0 Å². The normalized spacial score (nSPS) is 10.7. The highest BCUT2D eigenvalue weighted by Crippen LogP contribution is 2.37. The third-order valence-corrected chi connectivity index (χ3v) is 4.64. The van der Waals surface area contributed by atoms with E-state index in [0.717, 1.165) is 0 Å². The lowest BCUT2D eigenvalue weighted by Gasteiger charge is -2.18. The van der Waals surface area contributed by atoms with Crippen molar-refractivity contribution in [2.75, 3.05) is 0 Å². The molecule has 0 saturated heterocycles. The molecule has 0 amide bonds. The van der Waals surface area contributed by atoms with Crippen molar-refractivity contribution in [3.05, 3.63) is 82.9 Å². The number of rotatable bonds is 2. The monoisotopic (exact) mass is 286 g/mol. The second kappa shape index (κ2) is 5.81. The molecule has 0 aromatic heterocycles. The Morgan fingerprint density at radius 1 is 0.545 bits per heavy atom. The van der Waals surface area contributed by atoms with Gasteiger partial charge in [0.15, 0.2) is 0 Å². The summed E-state index contributed by atoms with van der Waals surface area (Å²) in [7, 11) is 0. The van der Waals surface area contributed by atoms with Crippen LogP contribution >= 0.6 is 0 Å². The van der Waals surface area contributed by atoms with Crippen LogP contribution in [0, 0.1) is 27.7 Å². The third-order valence-electron chi connectivity index (χ3n) is 4.64. The molecule has 0 unspecified atom stereocenters. The molecule has 3 aromatic rings. The molecule has 0 nitrogen and oxygen atoms in total. The van der Waals surface area contributed by atoms with Gasteiger partial charge in [-0.3, -0.25) is 0 Å². The van der Waals surface area contributed by atoms with Crippen LogP contribution in [-0.2, 0) is 0 Å². The van der Waals surface area contributed by atoms with Crippen LogP contribution in [0.25, 0.3) is 22.3 Å². The van der Waals surface area contributed by atoms with E-state index < -0.39 is 0 Å². The number of aryl methyl sites for hydroxylation is 2. The molecule has 3 rings (SSSR count). The second-order valence-electron chi connectivity index (χ2n) is 6.05. The molecule has 0 atom stereocenters. The van der Waals surface area contributed by atoms with E-state index in [4.69, 9.17) is 0 Å². The minimum Gasteiger partial charge on any atom is -0.0622 e. The van der Waals surface area contributed by atoms with Crippen LogP contribution in [0.1, 0.15) is 22.3 Å². The largest absolute Gasteiger partial charge is 0.0622 e. The average molecular weight is 286 g/mol. The highest BCUT2D eigenvalue weighted by atomic mass is 14.2. The molecule has 0 saturated carbocycles. The van der Waals surface area contributed by atoms with E-state index >= 15 is 0 Å². The molecule has 0 N–H and O–H groups in total. The lowest BCUT2D eigenvalue weighted by Crippen LogP contribution is -1.96. The summed E-state index contributed by atoms with van der Waals surface area (Å²) in [6, 6.07) is 21.7. The molecule has 0 radical (unpaired) electrons. The molecule has 0 heteroatoms. The fourth-order valence-electron chi connectivity index (χ4n) is 3.27. The Morgan fingerprint density at radius 3 is 1.82 bits per heavy atom. The minimum atomic E-state index is 1.27. The zero-order valence-corrected chi connectivity index (χ0v) is 13.8. The van der Waals surface area contributed by atoms with Gasteiger partial charge in [-0.15, -0.1) is 0 Å².